The number of nitrogens with zero attached hydrogens (tertiary/aromatic N) is 2. The van der Waals surface area contributed by atoms with Gasteiger partial charge >= 0.3 is 5.97 Å². The highest BCUT2D eigenvalue weighted by Gasteiger charge is 2.37. The number of methoxy groups -OCH3 is 2. The molecule has 6 aromatic rings. The van der Waals surface area contributed by atoms with Crippen molar-refractivity contribution >= 4 is 63.1 Å². The molecule has 0 saturated carbocycles. The molecule has 0 radical (unpaired) electrons. The number of aromatic nitrogens is 1. The molecule has 0 unspecified atom stereocenters. The van der Waals surface area contributed by atoms with Crippen molar-refractivity contribution in [2.45, 2.75) is 19.6 Å². The zero-order valence-electron chi connectivity index (χ0n) is 28.4. The number of thiazole rings is 1. The molecule has 11 heteroatoms. The van der Waals surface area contributed by atoms with Crippen LogP contribution in [0.25, 0.3) is 22.5 Å². The van der Waals surface area contributed by atoms with Gasteiger partial charge in [-0.05, 0) is 65.2 Å². The Hall–Kier alpha value is -5.35. The Morgan fingerprint density at radius 2 is 1.62 bits per heavy atom. The molecule has 0 N–H and O–H groups in total. The summed E-state index contributed by atoms with van der Waals surface area (Å²) in [5.41, 5.74) is 3.27. The predicted octanol–water partition coefficient (Wildman–Crippen LogP) is 7.99. The van der Waals surface area contributed by atoms with E-state index >= 15 is 0 Å². The third-order valence-corrected chi connectivity index (χ3v) is 10.4. The summed E-state index contributed by atoms with van der Waals surface area (Å²) < 4.78 is 25.3. The normalized spacial score (nSPS) is 14.2. The van der Waals surface area contributed by atoms with Gasteiger partial charge in [-0.1, -0.05) is 107 Å². The second-order valence-corrected chi connectivity index (χ2v) is 13.6. The van der Waals surface area contributed by atoms with Crippen LogP contribution in [0.1, 0.15) is 35.2 Å². The van der Waals surface area contributed by atoms with Crippen molar-refractivity contribution in [1.29, 1.82) is 0 Å². The maximum absolute atomic E-state index is 14.6. The third-order valence-electron chi connectivity index (χ3n) is 8.66. The lowest BCUT2D eigenvalue weighted by molar-refractivity contribution is -0.138. The van der Waals surface area contributed by atoms with E-state index in [4.69, 9.17) is 47.1 Å². The van der Waals surface area contributed by atoms with Crippen LogP contribution in [0.4, 0.5) is 0 Å². The van der Waals surface area contributed by atoms with E-state index < -0.39 is 12.0 Å². The monoisotopic (exact) mass is 750 g/mol. The van der Waals surface area contributed by atoms with Crippen molar-refractivity contribution in [1.82, 2.24) is 4.57 Å². The van der Waals surface area contributed by atoms with E-state index in [-0.39, 0.29) is 24.3 Å². The Bertz CT molecular complexity index is 2550. The number of carbonyl (C=O) groups is 1. The Kier molecular flexibility index (Phi) is 10.2. The van der Waals surface area contributed by atoms with Crippen molar-refractivity contribution in [2.75, 3.05) is 20.8 Å². The van der Waals surface area contributed by atoms with Gasteiger partial charge in [-0.2, -0.15) is 0 Å². The second kappa shape index (κ2) is 15.1. The van der Waals surface area contributed by atoms with Gasteiger partial charge < -0.3 is 18.9 Å². The first-order chi connectivity index (χ1) is 25.3. The number of fused-ring (bicyclic) bond motifs is 2. The molecule has 0 saturated heterocycles. The average molecular weight is 752 g/mol. The van der Waals surface area contributed by atoms with E-state index in [0.29, 0.717) is 59.0 Å². The fourth-order valence-electron chi connectivity index (χ4n) is 6.28. The van der Waals surface area contributed by atoms with E-state index in [1.54, 1.807) is 56.1 Å². The summed E-state index contributed by atoms with van der Waals surface area (Å²) in [6.45, 7) is 2.14. The predicted molar refractivity (Wildman–Crippen MR) is 205 cm³/mol. The minimum atomic E-state index is -0.916. The maximum Gasteiger partial charge on any atom is 0.338 e. The summed E-state index contributed by atoms with van der Waals surface area (Å²) in [5, 5.41) is 2.67. The van der Waals surface area contributed by atoms with Crippen LogP contribution < -0.4 is 29.1 Å². The fourth-order valence-corrected chi connectivity index (χ4v) is 7.61. The smallest absolute Gasteiger partial charge is 0.338 e. The summed E-state index contributed by atoms with van der Waals surface area (Å²) in [7, 11) is 3.13. The van der Waals surface area contributed by atoms with Crippen molar-refractivity contribution in [3.63, 3.8) is 0 Å². The summed E-state index contributed by atoms with van der Waals surface area (Å²) in [5.74, 6) is 0.953. The lowest BCUT2D eigenvalue weighted by atomic mass is 9.89. The van der Waals surface area contributed by atoms with Crippen LogP contribution in [-0.2, 0) is 16.1 Å². The van der Waals surface area contributed by atoms with Gasteiger partial charge in [-0.3, -0.25) is 9.36 Å². The molecule has 0 spiro atoms. The first kappa shape index (κ1) is 35.1. The van der Waals surface area contributed by atoms with Crippen LogP contribution in [0, 0.1) is 0 Å². The SMILES string of the molecule is CCOC(=O)C1=C(c2ccccc2)N=c2s/c(=C\c3ccc(OCc4ccc(Cl)c(Cl)c4)c(OC)c3)c(=O)n2[C@H]1c1c(OC)ccc2ccccc12. The van der Waals surface area contributed by atoms with Crippen LogP contribution in [0.15, 0.2) is 118 Å². The molecule has 0 bridgehead atoms. The first-order valence-electron chi connectivity index (χ1n) is 16.4. The minimum absolute atomic E-state index is 0.142. The van der Waals surface area contributed by atoms with Gasteiger partial charge in [0.2, 0.25) is 0 Å². The number of hydrogen-bond donors (Lipinski definition) is 0. The van der Waals surface area contributed by atoms with Crippen LogP contribution in [0.3, 0.4) is 0 Å². The van der Waals surface area contributed by atoms with Crippen molar-refractivity contribution in [3.05, 3.63) is 161 Å². The molecule has 1 atom stereocenters. The molecule has 0 fully saturated rings. The number of halogens is 2. The molecular weight excluding hydrogens is 719 g/mol. The molecule has 0 aliphatic carbocycles. The van der Waals surface area contributed by atoms with Gasteiger partial charge in [0, 0.05) is 11.1 Å². The van der Waals surface area contributed by atoms with Crippen LogP contribution in [0.5, 0.6) is 17.2 Å². The Morgan fingerprint density at radius 3 is 2.37 bits per heavy atom. The third kappa shape index (κ3) is 6.70. The van der Waals surface area contributed by atoms with Crippen LogP contribution in [0.2, 0.25) is 10.0 Å². The largest absolute Gasteiger partial charge is 0.496 e. The quantitative estimate of drug-likeness (QED) is 0.132. The van der Waals surface area contributed by atoms with Gasteiger partial charge in [0.05, 0.1) is 46.7 Å². The van der Waals surface area contributed by atoms with Gasteiger partial charge in [-0.15, -0.1) is 0 Å². The van der Waals surface area contributed by atoms with Gasteiger partial charge in [0.25, 0.3) is 5.56 Å². The fraction of sp³-hybridized carbons (Fsp3) is 0.146. The molecule has 1 aromatic heterocycles. The zero-order chi connectivity index (χ0) is 36.4. The summed E-state index contributed by atoms with van der Waals surface area (Å²) >= 11 is 13.5. The Morgan fingerprint density at radius 1 is 0.865 bits per heavy atom. The highest BCUT2D eigenvalue weighted by atomic mass is 35.5. The standard InChI is InChI=1S/C41H32Cl2N2O6S/c1-4-50-40(47)36-37(27-11-6-5-7-12-27)44-41-45(38(36)35-28-13-9-8-10-26(28)16-19-32(35)48-2)39(46)34(52-41)22-24-15-18-31(33(21-24)49-3)51-23-25-14-17-29(42)30(43)20-25/h5-22,38H,4,23H2,1-3H3/b34-22-/t38-/m0/s1. The van der Waals surface area contributed by atoms with E-state index in [2.05, 4.69) is 0 Å². The number of ether oxygens (including phenoxy) is 4. The number of esters is 1. The summed E-state index contributed by atoms with van der Waals surface area (Å²) in [6.07, 6.45) is 1.78. The molecule has 8 nitrogen and oxygen atoms in total. The second-order valence-electron chi connectivity index (χ2n) is 11.8. The Balaban J connectivity index is 1.40. The molecule has 262 valence electrons. The Labute approximate surface area is 313 Å². The number of rotatable bonds is 10. The lowest BCUT2D eigenvalue weighted by Crippen LogP contribution is -2.40. The molecule has 2 heterocycles. The van der Waals surface area contributed by atoms with Crippen LogP contribution >= 0.6 is 34.5 Å². The van der Waals surface area contributed by atoms with Gasteiger partial charge in [0.15, 0.2) is 16.3 Å². The topological polar surface area (TPSA) is 88.4 Å². The van der Waals surface area contributed by atoms with Gasteiger partial charge in [-0.25, -0.2) is 9.79 Å². The molecule has 0 amide bonds. The van der Waals surface area contributed by atoms with E-state index in [1.165, 1.54) is 11.3 Å². The van der Waals surface area contributed by atoms with Crippen LogP contribution in [-0.4, -0.2) is 31.4 Å². The van der Waals surface area contributed by atoms with E-state index in [9.17, 15) is 9.59 Å². The minimum Gasteiger partial charge on any atom is -0.496 e. The molecule has 5 aromatic carbocycles. The highest BCUT2D eigenvalue weighted by molar-refractivity contribution is 7.07. The number of carbonyl (C=O) groups excluding carboxylic acids is 1. The summed E-state index contributed by atoms with van der Waals surface area (Å²) in [6, 6.07) is 30.9. The number of benzene rings is 5. The van der Waals surface area contributed by atoms with Crippen molar-refractivity contribution in [3.8, 4) is 17.2 Å². The van der Waals surface area contributed by atoms with Crippen molar-refractivity contribution in [2.24, 2.45) is 4.99 Å². The molecule has 52 heavy (non-hydrogen) atoms. The highest BCUT2D eigenvalue weighted by Crippen LogP contribution is 2.42. The van der Waals surface area contributed by atoms with E-state index in [1.807, 2.05) is 78.9 Å². The van der Waals surface area contributed by atoms with Gasteiger partial charge in [0.1, 0.15) is 18.4 Å². The summed E-state index contributed by atoms with van der Waals surface area (Å²) in [4.78, 5) is 34.1. The average Bonchev–Trinajstić information content (AvgIpc) is 3.48. The van der Waals surface area contributed by atoms with E-state index in [0.717, 1.165) is 16.3 Å². The number of hydrogen-bond acceptors (Lipinski definition) is 8. The molecular formula is C41H32Cl2N2O6S. The molecule has 1 aliphatic heterocycles. The molecule has 7 rings (SSSR count). The zero-order valence-corrected chi connectivity index (χ0v) is 30.7. The lowest BCUT2D eigenvalue weighted by Gasteiger charge is -2.28. The van der Waals surface area contributed by atoms with Crippen molar-refractivity contribution < 1.29 is 23.7 Å². The first-order valence-corrected chi connectivity index (χ1v) is 18.0. The maximum atomic E-state index is 14.6. The molecule has 1 aliphatic rings.